The Hall–Kier alpha value is -11.5. The predicted octanol–water partition coefficient (Wildman–Crippen LogP) is 25.5. The zero-order chi connectivity index (χ0) is 67.1. The summed E-state index contributed by atoms with van der Waals surface area (Å²) >= 11 is 6.29. The Balaban J connectivity index is 0.730. The molecule has 0 unspecified atom stereocenters. The van der Waals surface area contributed by atoms with E-state index in [1.807, 2.05) is 18.2 Å². The van der Waals surface area contributed by atoms with Crippen LogP contribution in [-0.4, -0.2) is 9.67 Å². The standard InChI is InChI=1S/C94H72ClN3O/c1-6-63-23-20-62(59-95)54-84(63)70-26-24-65(25-27-70)67-30-42-74(43-31-67)97(79-49-51-83-81-17-11-13-19-88(81)94(4,5)90(83)58-79)76-46-34-69(35-47-76)72-37-53-92-86(56-72)85-55-71(36-52-91(85)98(92)77-38-21-61(60-99)22-39-77)68-32-44-75(45-33-68)96(73-40-28-66(29-41-73)64-14-8-7-9-15-64)78-48-50-82-80-16-10-12-18-87(80)93(2,3)89(82)57-78/h6-58,99H,1,59-60H2,2-5H3. The van der Waals surface area contributed by atoms with Gasteiger partial charge in [0.05, 0.1) is 17.6 Å². The van der Waals surface area contributed by atoms with E-state index in [0.717, 1.165) is 123 Å². The Labute approximate surface area is 584 Å². The topological polar surface area (TPSA) is 31.6 Å². The number of rotatable bonds is 15. The molecule has 1 N–H and O–H groups in total. The molecule has 1 heterocycles. The normalized spacial score (nSPS) is 13.0. The van der Waals surface area contributed by atoms with E-state index in [4.69, 9.17) is 11.6 Å². The number of aliphatic hydroxyl groups excluding tert-OH is 1. The lowest BCUT2D eigenvalue weighted by Crippen LogP contribution is -2.16. The third-order valence-corrected chi connectivity index (χ3v) is 21.4. The van der Waals surface area contributed by atoms with Gasteiger partial charge in [-0.25, -0.2) is 0 Å². The molecule has 0 bridgehead atoms. The van der Waals surface area contributed by atoms with Gasteiger partial charge in [-0.05, 0) is 232 Å². The molecule has 0 fully saturated rings. The minimum absolute atomic E-state index is 0.0136. The van der Waals surface area contributed by atoms with E-state index in [1.54, 1.807) is 0 Å². The van der Waals surface area contributed by atoms with Crippen LogP contribution in [0.15, 0.2) is 322 Å². The fraction of sp³-hybridized carbons (Fsp3) is 0.0851. The summed E-state index contributed by atoms with van der Waals surface area (Å²) in [6, 6.07) is 116. The number of alkyl halides is 1. The van der Waals surface area contributed by atoms with Gasteiger partial charge in [0.15, 0.2) is 0 Å². The molecule has 17 rings (SSSR count). The molecule has 99 heavy (non-hydrogen) atoms. The summed E-state index contributed by atoms with van der Waals surface area (Å²) in [7, 11) is 0. The van der Waals surface area contributed by atoms with Gasteiger partial charge in [0.2, 0.25) is 0 Å². The maximum Gasteiger partial charge on any atom is 0.0681 e. The summed E-state index contributed by atoms with van der Waals surface area (Å²) in [5.74, 6) is 0.459. The van der Waals surface area contributed by atoms with E-state index in [0.29, 0.717) is 5.88 Å². The Morgan fingerprint density at radius 2 is 0.697 bits per heavy atom. The quantitative estimate of drug-likeness (QED) is 0.104. The van der Waals surface area contributed by atoms with Gasteiger partial charge in [-0.1, -0.05) is 241 Å². The highest BCUT2D eigenvalue weighted by molar-refractivity contribution is 6.17. The number of nitrogens with zero attached hydrogens (tertiary/aromatic N) is 3. The van der Waals surface area contributed by atoms with Gasteiger partial charge >= 0.3 is 0 Å². The van der Waals surface area contributed by atoms with Crippen LogP contribution >= 0.6 is 11.6 Å². The van der Waals surface area contributed by atoms with Gasteiger partial charge in [-0.2, -0.15) is 0 Å². The number of aliphatic hydroxyl groups is 1. The summed E-state index contributed by atoms with van der Waals surface area (Å²) < 4.78 is 2.36. The minimum atomic E-state index is -0.171. The van der Waals surface area contributed by atoms with Crippen LogP contribution in [0.1, 0.15) is 66.6 Å². The molecular formula is C94H72ClN3O. The van der Waals surface area contributed by atoms with Crippen molar-refractivity contribution in [3.8, 4) is 83.6 Å². The first-order valence-corrected chi connectivity index (χ1v) is 34.7. The van der Waals surface area contributed by atoms with Crippen LogP contribution < -0.4 is 9.80 Å². The number of fused-ring (bicyclic) bond motifs is 9. The average Bonchev–Trinajstić information content (AvgIpc) is 1.60. The number of hydrogen-bond donors (Lipinski definition) is 1. The molecule has 476 valence electrons. The van der Waals surface area contributed by atoms with Crippen LogP contribution in [0.25, 0.3) is 111 Å². The van der Waals surface area contributed by atoms with Crippen molar-refractivity contribution in [2.45, 2.75) is 51.0 Å². The monoisotopic (exact) mass is 1290 g/mol. The molecule has 2 aliphatic carbocycles. The number of anilines is 6. The molecule has 2 aliphatic rings. The molecule has 0 saturated heterocycles. The van der Waals surface area contributed by atoms with E-state index in [2.05, 4.69) is 352 Å². The third kappa shape index (κ3) is 10.6. The fourth-order valence-corrected chi connectivity index (χ4v) is 15.9. The highest BCUT2D eigenvalue weighted by Crippen LogP contribution is 2.53. The average molecular weight is 1300 g/mol. The lowest BCUT2D eigenvalue weighted by Gasteiger charge is -2.28. The Morgan fingerprint density at radius 1 is 0.333 bits per heavy atom. The highest BCUT2D eigenvalue weighted by atomic mass is 35.5. The lowest BCUT2D eigenvalue weighted by molar-refractivity contribution is 0.282. The number of benzene rings is 14. The third-order valence-electron chi connectivity index (χ3n) is 21.1. The van der Waals surface area contributed by atoms with E-state index < -0.39 is 0 Å². The van der Waals surface area contributed by atoms with Crippen LogP contribution in [0, 0.1) is 0 Å². The van der Waals surface area contributed by atoms with Crippen molar-refractivity contribution in [2.24, 2.45) is 0 Å². The zero-order valence-electron chi connectivity index (χ0n) is 55.9. The summed E-state index contributed by atoms with van der Waals surface area (Å²) in [4.78, 5) is 4.80. The van der Waals surface area contributed by atoms with Crippen molar-refractivity contribution in [1.29, 1.82) is 0 Å². The zero-order valence-corrected chi connectivity index (χ0v) is 56.6. The Kier molecular flexibility index (Phi) is 15.1. The summed E-state index contributed by atoms with van der Waals surface area (Å²) in [5.41, 5.74) is 34.5. The molecule has 0 atom stereocenters. The highest BCUT2D eigenvalue weighted by Gasteiger charge is 2.37. The van der Waals surface area contributed by atoms with E-state index in [-0.39, 0.29) is 17.4 Å². The van der Waals surface area contributed by atoms with Crippen LogP contribution in [0.3, 0.4) is 0 Å². The first-order chi connectivity index (χ1) is 48.4. The second-order valence-electron chi connectivity index (χ2n) is 27.5. The van der Waals surface area contributed by atoms with Crippen LogP contribution in [-0.2, 0) is 23.3 Å². The van der Waals surface area contributed by atoms with Gasteiger partial charge in [0.25, 0.3) is 0 Å². The largest absolute Gasteiger partial charge is 0.392 e. The van der Waals surface area contributed by atoms with Crippen molar-refractivity contribution in [3.05, 3.63) is 361 Å². The van der Waals surface area contributed by atoms with Crippen LogP contribution in [0.4, 0.5) is 34.1 Å². The first kappa shape index (κ1) is 61.1. The SMILES string of the molecule is C=Cc1ccc(CCl)cc1-c1ccc(-c2ccc(N(c3ccc(-c4ccc5c(c4)c4cc(-c6ccc(N(c7ccc(-c8ccccc8)cc7)c7ccc8c(c7)C(C)(C)c7ccccc7-8)cc6)ccc4n5-c4ccc(CO)cc4)cc3)c3ccc4c(c3)C(C)(C)c3ccccc3-4)cc2)cc1. The molecule has 0 aliphatic heterocycles. The first-order valence-electron chi connectivity index (χ1n) is 34.2. The summed E-state index contributed by atoms with van der Waals surface area (Å²) in [5, 5.41) is 12.4. The van der Waals surface area contributed by atoms with Crippen molar-refractivity contribution < 1.29 is 5.11 Å². The molecule has 0 amide bonds. The van der Waals surface area contributed by atoms with Crippen LogP contribution in [0.2, 0.25) is 0 Å². The molecule has 5 heteroatoms. The van der Waals surface area contributed by atoms with E-state index in [9.17, 15) is 5.11 Å². The minimum Gasteiger partial charge on any atom is -0.392 e. The predicted molar refractivity (Wildman–Crippen MR) is 418 cm³/mol. The van der Waals surface area contributed by atoms with Gasteiger partial charge < -0.3 is 19.5 Å². The van der Waals surface area contributed by atoms with Crippen molar-refractivity contribution in [3.63, 3.8) is 0 Å². The fourth-order valence-electron chi connectivity index (χ4n) is 15.8. The lowest BCUT2D eigenvalue weighted by atomic mass is 9.82. The molecule has 0 saturated carbocycles. The summed E-state index contributed by atoms with van der Waals surface area (Å²) in [6.45, 7) is 13.5. The molecule has 4 nitrogen and oxygen atoms in total. The maximum atomic E-state index is 10.1. The number of hydrogen-bond acceptors (Lipinski definition) is 3. The molecule has 1 aromatic heterocycles. The molecule has 14 aromatic carbocycles. The van der Waals surface area contributed by atoms with Gasteiger partial charge in [-0.3, -0.25) is 0 Å². The summed E-state index contributed by atoms with van der Waals surface area (Å²) in [6.07, 6.45) is 1.91. The molecule has 0 spiro atoms. The van der Waals surface area contributed by atoms with Crippen LogP contribution in [0.5, 0.6) is 0 Å². The van der Waals surface area contributed by atoms with Crippen molar-refractivity contribution >= 4 is 73.6 Å². The maximum absolute atomic E-state index is 10.1. The number of aromatic nitrogens is 1. The number of halogens is 1. The second kappa shape index (κ2) is 24.5. The second-order valence-corrected chi connectivity index (χ2v) is 27.8. The van der Waals surface area contributed by atoms with Crippen molar-refractivity contribution in [1.82, 2.24) is 4.57 Å². The molecule has 0 radical (unpaired) electrons. The Bertz CT molecular complexity index is 5610. The molecule has 15 aromatic rings. The van der Waals surface area contributed by atoms with Gasteiger partial charge in [0, 0.05) is 67.3 Å². The smallest absolute Gasteiger partial charge is 0.0681 e. The van der Waals surface area contributed by atoms with Gasteiger partial charge in [0.1, 0.15) is 0 Å². The molecular weight excluding hydrogens is 1220 g/mol. The van der Waals surface area contributed by atoms with Crippen molar-refractivity contribution in [2.75, 3.05) is 9.80 Å². The van der Waals surface area contributed by atoms with E-state index >= 15 is 0 Å². The van der Waals surface area contributed by atoms with Gasteiger partial charge in [-0.15, -0.1) is 11.6 Å². The van der Waals surface area contributed by atoms with E-state index in [1.165, 1.54) is 55.6 Å². The Morgan fingerprint density at radius 3 is 1.13 bits per heavy atom.